The maximum absolute atomic E-state index is 12.1. The molecule has 1 aromatic carbocycles. The first kappa shape index (κ1) is 15.9. The highest BCUT2D eigenvalue weighted by Crippen LogP contribution is 2.34. The third kappa shape index (κ3) is 3.08. The third-order valence-electron chi connectivity index (χ3n) is 3.60. The lowest BCUT2D eigenvalue weighted by atomic mass is 9.97. The molecule has 6 nitrogen and oxygen atoms in total. The molecule has 0 bridgehead atoms. The lowest BCUT2D eigenvalue weighted by Gasteiger charge is -2.28. The molecular weight excluding hydrogens is 276 g/mol. The lowest BCUT2D eigenvalue weighted by Crippen LogP contribution is -2.48. The van der Waals surface area contributed by atoms with Crippen LogP contribution in [0.1, 0.15) is 22.8 Å². The van der Waals surface area contributed by atoms with Gasteiger partial charge in [-0.1, -0.05) is 17.7 Å². The first-order valence-corrected chi connectivity index (χ1v) is 6.69. The Bertz CT molecular complexity index is 495. The molecule has 2 N–H and O–H groups in total. The van der Waals surface area contributed by atoms with Crippen LogP contribution in [0.25, 0.3) is 0 Å². The molecule has 1 aliphatic heterocycles. The number of rotatable bonds is 4. The minimum atomic E-state index is -1.54. The van der Waals surface area contributed by atoms with E-state index < -0.39 is 30.1 Å². The van der Waals surface area contributed by atoms with Crippen LogP contribution < -0.4 is 0 Å². The fraction of sp³-hybridized carbons (Fsp3) is 0.533. The number of hydrogen-bond donors (Lipinski definition) is 2. The molecule has 1 aliphatic rings. The van der Waals surface area contributed by atoms with Gasteiger partial charge in [0.2, 0.25) is 0 Å². The topological polar surface area (TPSA) is 85.2 Å². The van der Waals surface area contributed by atoms with Gasteiger partial charge < -0.3 is 24.4 Å². The third-order valence-corrected chi connectivity index (χ3v) is 3.60. The molecule has 116 valence electrons. The van der Waals surface area contributed by atoms with Crippen molar-refractivity contribution in [1.29, 1.82) is 0 Å². The van der Waals surface area contributed by atoms with E-state index in [0.717, 1.165) is 5.56 Å². The van der Waals surface area contributed by atoms with Crippen molar-refractivity contribution >= 4 is 5.97 Å². The Morgan fingerprint density at radius 2 is 2.00 bits per heavy atom. The minimum Gasteiger partial charge on any atom is -0.453 e. The van der Waals surface area contributed by atoms with E-state index in [-0.39, 0.29) is 6.61 Å². The van der Waals surface area contributed by atoms with Crippen LogP contribution in [-0.2, 0) is 14.2 Å². The zero-order valence-electron chi connectivity index (χ0n) is 12.3. The largest absolute Gasteiger partial charge is 0.453 e. The molecule has 4 atom stereocenters. The minimum absolute atomic E-state index is 0.369. The Morgan fingerprint density at radius 1 is 1.38 bits per heavy atom. The molecule has 0 saturated carbocycles. The van der Waals surface area contributed by atoms with Crippen LogP contribution in [-0.4, -0.2) is 54.0 Å². The second-order valence-corrected chi connectivity index (χ2v) is 5.34. The molecule has 2 rings (SSSR count). The van der Waals surface area contributed by atoms with E-state index in [9.17, 15) is 15.0 Å². The van der Waals surface area contributed by atoms with Crippen LogP contribution in [0.2, 0.25) is 0 Å². The molecule has 0 amide bonds. The predicted molar refractivity (Wildman–Crippen MR) is 73.8 cm³/mol. The molecule has 2 unspecified atom stereocenters. The SMILES string of the molecule is COC1OC(CO)[C@@H](OC(=O)c2ccc(C)cc2)[C@@]1(C)O. The average molecular weight is 296 g/mol. The molecule has 21 heavy (non-hydrogen) atoms. The van der Waals surface area contributed by atoms with Crippen molar-refractivity contribution in [2.45, 2.75) is 37.9 Å². The maximum Gasteiger partial charge on any atom is 0.338 e. The molecule has 1 aromatic rings. The number of aliphatic hydroxyl groups is 2. The summed E-state index contributed by atoms with van der Waals surface area (Å²) in [4.78, 5) is 12.1. The Morgan fingerprint density at radius 3 is 2.52 bits per heavy atom. The second-order valence-electron chi connectivity index (χ2n) is 5.34. The van der Waals surface area contributed by atoms with E-state index in [4.69, 9.17) is 14.2 Å². The van der Waals surface area contributed by atoms with Crippen molar-refractivity contribution in [1.82, 2.24) is 0 Å². The van der Waals surface area contributed by atoms with E-state index in [1.165, 1.54) is 14.0 Å². The number of aryl methyl sites for hydroxylation is 1. The van der Waals surface area contributed by atoms with Crippen molar-refractivity contribution in [3.05, 3.63) is 35.4 Å². The zero-order chi connectivity index (χ0) is 15.6. The fourth-order valence-corrected chi connectivity index (χ4v) is 2.38. The van der Waals surface area contributed by atoms with Gasteiger partial charge in [-0.05, 0) is 26.0 Å². The first-order valence-electron chi connectivity index (χ1n) is 6.69. The van der Waals surface area contributed by atoms with Gasteiger partial charge in [0, 0.05) is 7.11 Å². The normalized spacial score (nSPS) is 32.1. The number of ether oxygens (including phenoxy) is 3. The van der Waals surface area contributed by atoms with Gasteiger partial charge in [-0.3, -0.25) is 0 Å². The van der Waals surface area contributed by atoms with Gasteiger partial charge in [0.05, 0.1) is 12.2 Å². The zero-order valence-corrected chi connectivity index (χ0v) is 12.3. The number of carbonyl (C=O) groups is 1. The summed E-state index contributed by atoms with van der Waals surface area (Å²) < 4.78 is 15.7. The van der Waals surface area contributed by atoms with Crippen molar-refractivity contribution in [2.75, 3.05) is 13.7 Å². The standard InChI is InChI=1S/C15H20O6/c1-9-4-6-10(7-5-9)13(17)21-12-11(8-16)20-14(19-3)15(12,2)18/h4-7,11-12,14,16,18H,8H2,1-3H3/t11?,12-,14?,15-/m1/s1. The molecule has 0 aliphatic carbocycles. The average Bonchev–Trinajstić information content (AvgIpc) is 2.70. The Hall–Kier alpha value is -1.47. The van der Waals surface area contributed by atoms with Gasteiger partial charge in [0.1, 0.15) is 6.10 Å². The van der Waals surface area contributed by atoms with Crippen molar-refractivity contribution in [2.24, 2.45) is 0 Å². The van der Waals surface area contributed by atoms with Crippen LogP contribution in [0.3, 0.4) is 0 Å². The molecule has 1 heterocycles. The van der Waals surface area contributed by atoms with E-state index in [2.05, 4.69) is 0 Å². The monoisotopic (exact) mass is 296 g/mol. The van der Waals surface area contributed by atoms with Crippen LogP contribution >= 0.6 is 0 Å². The lowest BCUT2D eigenvalue weighted by molar-refractivity contribution is -0.187. The van der Waals surface area contributed by atoms with E-state index >= 15 is 0 Å². The van der Waals surface area contributed by atoms with Gasteiger partial charge in [-0.2, -0.15) is 0 Å². The van der Waals surface area contributed by atoms with Crippen LogP contribution in [0.5, 0.6) is 0 Å². The van der Waals surface area contributed by atoms with Crippen LogP contribution in [0.4, 0.5) is 0 Å². The Balaban J connectivity index is 2.16. The number of benzene rings is 1. The summed E-state index contributed by atoms with van der Waals surface area (Å²) in [7, 11) is 1.37. The summed E-state index contributed by atoms with van der Waals surface area (Å²) >= 11 is 0. The number of hydrogen-bond acceptors (Lipinski definition) is 6. The number of methoxy groups -OCH3 is 1. The van der Waals surface area contributed by atoms with Gasteiger partial charge in [-0.15, -0.1) is 0 Å². The summed E-state index contributed by atoms with van der Waals surface area (Å²) in [6.45, 7) is 2.97. The summed E-state index contributed by atoms with van der Waals surface area (Å²) in [6.07, 6.45) is -2.81. The van der Waals surface area contributed by atoms with Crippen molar-refractivity contribution < 1.29 is 29.2 Å². The molecule has 0 spiro atoms. The van der Waals surface area contributed by atoms with Gasteiger partial charge in [-0.25, -0.2) is 4.79 Å². The summed E-state index contributed by atoms with van der Waals surface area (Å²) in [5, 5.41) is 19.7. The molecule has 0 aromatic heterocycles. The van der Waals surface area contributed by atoms with Gasteiger partial charge >= 0.3 is 5.97 Å². The smallest absolute Gasteiger partial charge is 0.338 e. The van der Waals surface area contributed by atoms with E-state index in [0.29, 0.717) is 5.56 Å². The highest BCUT2D eigenvalue weighted by Gasteiger charge is 2.55. The number of carbonyl (C=O) groups excluding carboxylic acids is 1. The van der Waals surface area contributed by atoms with Crippen LogP contribution in [0.15, 0.2) is 24.3 Å². The Labute approximate surface area is 123 Å². The predicted octanol–water partition coefficient (Wildman–Crippen LogP) is 0.635. The highest BCUT2D eigenvalue weighted by atomic mass is 16.7. The second kappa shape index (κ2) is 6.11. The summed E-state index contributed by atoms with van der Waals surface area (Å²) in [5.74, 6) is -0.584. The van der Waals surface area contributed by atoms with Crippen molar-refractivity contribution in [3.8, 4) is 0 Å². The highest BCUT2D eigenvalue weighted by molar-refractivity contribution is 5.89. The first-order chi connectivity index (χ1) is 9.90. The molecular formula is C15H20O6. The molecule has 1 saturated heterocycles. The summed E-state index contributed by atoms with van der Waals surface area (Å²) in [5.41, 5.74) is -0.146. The quantitative estimate of drug-likeness (QED) is 0.793. The Kier molecular flexibility index (Phi) is 4.63. The summed E-state index contributed by atoms with van der Waals surface area (Å²) in [6, 6.07) is 6.87. The maximum atomic E-state index is 12.1. The van der Waals surface area contributed by atoms with Gasteiger partial charge in [0.15, 0.2) is 18.0 Å². The number of esters is 1. The van der Waals surface area contributed by atoms with E-state index in [1.54, 1.807) is 24.3 Å². The fourth-order valence-electron chi connectivity index (χ4n) is 2.38. The van der Waals surface area contributed by atoms with Crippen molar-refractivity contribution in [3.63, 3.8) is 0 Å². The molecule has 6 heteroatoms. The van der Waals surface area contributed by atoms with Gasteiger partial charge in [0.25, 0.3) is 0 Å². The van der Waals surface area contributed by atoms with Crippen LogP contribution in [0, 0.1) is 6.92 Å². The molecule has 1 fully saturated rings. The van der Waals surface area contributed by atoms with E-state index in [1.807, 2.05) is 6.92 Å². The molecule has 0 radical (unpaired) electrons. The number of aliphatic hydroxyl groups excluding tert-OH is 1.